The topological polar surface area (TPSA) is 26.0 Å². The van der Waals surface area contributed by atoms with Crippen LogP contribution in [0.25, 0.3) is 0 Å². The molecule has 0 aromatic heterocycles. The van der Waals surface area contributed by atoms with Crippen molar-refractivity contribution in [2.45, 2.75) is 65.3 Å². The molecule has 4 aliphatic rings. The van der Waals surface area contributed by atoms with Crippen LogP contribution in [-0.4, -0.2) is 5.54 Å². The molecular formula is C15H27N. The van der Waals surface area contributed by atoms with Crippen LogP contribution in [0.5, 0.6) is 0 Å². The highest BCUT2D eigenvalue weighted by atomic mass is 14.9. The summed E-state index contributed by atoms with van der Waals surface area (Å²) in [6.07, 6.45) is 6.88. The van der Waals surface area contributed by atoms with Gasteiger partial charge >= 0.3 is 0 Å². The monoisotopic (exact) mass is 221 g/mol. The fraction of sp³-hybridized carbons (Fsp3) is 1.00. The second-order valence-corrected chi connectivity index (χ2v) is 7.92. The molecular weight excluding hydrogens is 194 g/mol. The molecule has 3 unspecified atom stereocenters. The molecule has 1 nitrogen and oxygen atoms in total. The van der Waals surface area contributed by atoms with Crippen LogP contribution in [0.4, 0.5) is 0 Å². The number of hydrogen-bond acceptors (Lipinski definition) is 1. The Bertz CT molecular complexity index is 309. The standard InChI is InChI=1S/C15H27N/c1-13(2)10-5-6-11(12(13)9-10)14(3,4)15(16)7-8-15/h10-12H,5-9,16H2,1-4H3. The molecule has 4 saturated carbocycles. The Morgan fingerprint density at radius 3 is 2.19 bits per heavy atom. The predicted molar refractivity (Wildman–Crippen MR) is 68.0 cm³/mol. The number of fused-ring (bicyclic) bond motifs is 2. The normalized spacial score (nSPS) is 43.7. The Hall–Kier alpha value is -0.0400. The van der Waals surface area contributed by atoms with Gasteiger partial charge in [-0.2, -0.15) is 0 Å². The van der Waals surface area contributed by atoms with Gasteiger partial charge in [0.15, 0.2) is 0 Å². The van der Waals surface area contributed by atoms with E-state index in [1.165, 1.54) is 32.1 Å². The van der Waals surface area contributed by atoms with Crippen molar-refractivity contribution in [3.63, 3.8) is 0 Å². The number of nitrogens with two attached hydrogens (primary N) is 1. The van der Waals surface area contributed by atoms with Gasteiger partial charge in [0.05, 0.1) is 0 Å². The fourth-order valence-electron chi connectivity index (χ4n) is 4.82. The third-order valence-corrected chi connectivity index (χ3v) is 6.86. The van der Waals surface area contributed by atoms with Crippen molar-refractivity contribution in [2.75, 3.05) is 0 Å². The number of hydrogen-bond donors (Lipinski definition) is 1. The van der Waals surface area contributed by atoms with Crippen LogP contribution in [-0.2, 0) is 0 Å². The molecule has 2 N–H and O–H groups in total. The lowest BCUT2D eigenvalue weighted by molar-refractivity contribution is -0.144. The second-order valence-electron chi connectivity index (χ2n) is 7.92. The zero-order valence-electron chi connectivity index (χ0n) is 11.3. The van der Waals surface area contributed by atoms with Crippen LogP contribution < -0.4 is 5.73 Å². The summed E-state index contributed by atoms with van der Waals surface area (Å²) < 4.78 is 0. The molecule has 0 radical (unpaired) electrons. The molecule has 2 bridgehead atoms. The molecule has 0 aliphatic heterocycles. The highest BCUT2D eigenvalue weighted by Gasteiger charge is 2.63. The lowest BCUT2D eigenvalue weighted by atomic mass is 9.41. The lowest BCUT2D eigenvalue weighted by Gasteiger charge is -2.64. The van der Waals surface area contributed by atoms with Crippen LogP contribution in [0, 0.1) is 28.6 Å². The van der Waals surface area contributed by atoms with Gasteiger partial charge < -0.3 is 5.73 Å². The Morgan fingerprint density at radius 2 is 1.75 bits per heavy atom. The maximum Gasteiger partial charge on any atom is 0.0210 e. The molecule has 0 saturated heterocycles. The van der Waals surface area contributed by atoms with Gasteiger partial charge in [-0.05, 0) is 60.7 Å². The molecule has 4 aliphatic carbocycles. The summed E-state index contributed by atoms with van der Waals surface area (Å²) in [5.41, 5.74) is 7.66. The van der Waals surface area contributed by atoms with Gasteiger partial charge in [0.25, 0.3) is 0 Å². The summed E-state index contributed by atoms with van der Waals surface area (Å²) in [6.45, 7) is 9.87. The van der Waals surface area contributed by atoms with Crippen LogP contribution in [0.3, 0.4) is 0 Å². The number of rotatable bonds is 2. The second kappa shape index (κ2) is 2.85. The summed E-state index contributed by atoms with van der Waals surface area (Å²) in [5, 5.41) is 0. The zero-order valence-corrected chi connectivity index (χ0v) is 11.3. The van der Waals surface area contributed by atoms with Gasteiger partial charge in [-0.25, -0.2) is 0 Å². The Labute approximate surface area is 100 Å². The summed E-state index contributed by atoms with van der Waals surface area (Å²) in [4.78, 5) is 0. The van der Waals surface area contributed by atoms with Crippen molar-refractivity contribution in [3.05, 3.63) is 0 Å². The zero-order chi connectivity index (χ0) is 11.8. The van der Waals surface area contributed by atoms with Gasteiger partial charge in [0.2, 0.25) is 0 Å². The summed E-state index contributed by atoms with van der Waals surface area (Å²) in [5.74, 6) is 2.83. The van der Waals surface area contributed by atoms with Gasteiger partial charge in [0, 0.05) is 5.54 Å². The molecule has 92 valence electrons. The Kier molecular flexibility index (Phi) is 1.98. The van der Waals surface area contributed by atoms with Gasteiger partial charge in [-0.1, -0.05) is 27.7 Å². The molecule has 4 fully saturated rings. The SMILES string of the molecule is CC1(C)C2CCC(C(C)(C)C3(N)CC3)C1C2. The van der Waals surface area contributed by atoms with Crippen molar-refractivity contribution < 1.29 is 0 Å². The lowest BCUT2D eigenvalue weighted by Crippen LogP contribution is -2.59. The van der Waals surface area contributed by atoms with Crippen LogP contribution in [0.2, 0.25) is 0 Å². The van der Waals surface area contributed by atoms with Crippen molar-refractivity contribution in [2.24, 2.45) is 34.3 Å². The summed E-state index contributed by atoms with van der Waals surface area (Å²) >= 11 is 0. The third-order valence-electron chi connectivity index (χ3n) is 6.86. The van der Waals surface area contributed by atoms with E-state index < -0.39 is 0 Å². The average molecular weight is 221 g/mol. The summed E-state index contributed by atoms with van der Waals surface area (Å²) in [6, 6.07) is 0. The first-order valence-electron chi connectivity index (χ1n) is 7.08. The van der Waals surface area contributed by atoms with Gasteiger partial charge in [-0.3, -0.25) is 0 Å². The van der Waals surface area contributed by atoms with E-state index in [1.54, 1.807) is 0 Å². The first-order chi connectivity index (χ1) is 7.29. The molecule has 0 amide bonds. The predicted octanol–water partition coefficient (Wildman–Crippen LogP) is 3.58. The van der Waals surface area contributed by atoms with Crippen molar-refractivity contribution in [3.8, 4) is 0 Å². The summed E-state index contributed by atoms with van der Waals surface area (Å²) in [7, 11) is 0. The maximum atomic E-state index is 6.52. The highest BCUT2D eigenvalue weighted by molar-refractivity contribution is 5.16. The van der Waals surface area contributed by atoms with Crippen molar-refractivity contribution >= 4 is 0 Å². The fourth-order valence-corrected chi connectivity index (χ4v) is 4.82. The molecule has 4 rings (SSSR count). The maximum absolute atomic E-state index is 6.52. The Morgan fingerprint density at radius 1 is 1.12 bits per heavy atom. The van der Waals surface area contributed by atoms with E-state index >= 15 is 0 Å². The quantitative estimate of drug-likeness (QED) is 0.758. The minimum Gasteiger partial charge on any atom is -0.325 e. The van der Waals surface area contributed by atoms with Gasteiger partial charge in [0.1, 0.15) is 0 Å². The van der Waals surface area contributed by atoms with E-state index in [0.717, 1.165) is 17.8 Å². The largest absolute Gasteiger partial charge is 0.325 e. The van der Waals surface area contributed by atoms with Gasteiger partial charge in [-0.15, -0.1) is 0 Å². The van der Waals surface area contributed by atoms with E-state index in [1.807, 2.05) is 0 Å². The third kappa shape index (κ3) is 1.16. The van der Waals surface area contributed by atoms with Crippen molar-refractivity contribution in [1.29, 1.82) is 0 Å². The molecule has 3 atom stereocenters. The van der Waals surface area contributed by atoms with Crippen LogP contribution in [0.15, 0.2) is 0 Å². The molecule has 0 aromatic rings. The molecule has 1 heteroatoms. The molecule has 16 heavy (non-hydrogen) atoms. The molecule has 0 aromatic carbocycles. The first kappa shape index (κ1) is 11.1. The smallest absolute Gasteiger partial charge is 0.0210 e. The van der Waals surface area contributed by atoms with Crippen LogP contribution >= 0.6 is 0 Å². The van der Waals surface area contributed by atoms with E-state index in [4.69, 9.17) is 5.73 Å². The molecule has 0 spiro atoms. The first-order valence-corrected chi connectivity index (χ1v) is 7.08. The van der Waals surface area contributed by atoms with E-state index in [2.05, 4.69) is 27.7 Å². The van der Waals surface area contributed by atoms with E-state index in [-0.39, 0.29) is 5.54 Å². The molecule has 0 heterocycles. The highest BCUT2D eigenvalue weighted by Crippen LogP contribution is 2.67. The van der Waals surface area contributed by atoms with Crippen molar-refractivity contribution in [1.82, 2.24) is 0 Å². The van der Waals surface area contributed by atoms with E-state index in [0.29, 0.717) is 10.8 Å². The minimum absolute atomic E-state index is 0.177. The van der Waals surface area contributed by atoms with Crippen LogP contribution in [0.1, 0.15) is 59.8 Å². The Balaban J connectivity index is 1.85. The minimum atomic E-state index is 0.177. The van der Waals surface area contributed by atoms with E-state index in [9.17, 15) is 0 Å². The average Bonchev–Trinajstić information content (AvgIpc) is 2.98.